The molecule has 0 saturated heterocycles. The molecular formula is C20H32O2. The maximum atomic E-state index is 10.6. The van der Waals surface area contributed by atoms with Gasteiger partial charge in [0.15, 0.2) is 5.79 Å². The van der Waals surface area contributed by atoms with Gasteiger partial charge in [-0.15, -0.1) is 0 Å². The van der Waals surface area contributed by atoms with Gasteiger partial charge in [-0.25, -0.2) is 0 Å². The Hall–Kier alpha value is -0.340. The lowest BCUT2D eigenvalue weighted by atomic mass is 9.44. The van der Waals surface area contributed by atoms with Crippen molar-refractivity contribution in [2.75, 3.05) is 0 Å². The van der Waals surface area contributed by atoms with Crippen LogP contribution in [0, 0.1) is 40.4 Å². The highest BCUT2D eigenvalue weighted by Gasteiger charge is 2.65. The molecule has 124 valence electrons. The second-order valence-electron chi connectivity index (χ2n) is 9.36. The maximum absolute atomic E-state index is 10.6. The van der Waals surface area contributed by atoms with Gasteiger partial charge in [0.2, 0.25) is 0 Å². The number of rotatable bonds is 0. The SMILES string of the molecule is CC1CC2CCC=C[C@]2(C)[C@@H]2CC[C@@]3(C)[C@@H](CCC3(O)O)[C@H]12. The first-order valence-electron chi connectivity index (χ1n) is 9.42. The minimum Gasteiger partial charge on any atom is -0.365 e. The van der Waals surface area contributed by atoms with E-state index in [1.165, 1.54) is 25.7 Å². The van der Waals surface area contributed by atoms with Crippen molar-refractivity contribution in [3.05, 3.63) is 12.2 Å². The van der Waals surface area contributed by atoms with Crippen LogP contribution < -0.4 is 0 Å². The highest BCUT2D eigenvalue weighted by molar-refractivity contribution is 5.17. The summed E-state index contributed by atoms with van der Waals surface area (Å²) >= 11 is 0. The van der Waals surface area contributed by atoms with Crippen molar-refractivity contribution in [3.8, 4) is 0 Å². The lowest BCUT2D eigenvalue weighted by Gasteiger charge is -2.61. The first kappa shape index (κ1) is 15.2. The van der Waals surface area contributed by atoms with Gasteiger partial charge >= 0.3 is 0 Å². The van der Waals surface area contributed by atoms with E-state index >= 15 is 0 Å². The molecule has 2 heteroatoms. The molecule has 0 spiro atoms. The van der Waals surface area contributed by atoms with E-state index in [1.807, 2.05) is 0 Å². The van der Waals surface area contributed by atoms with E-state index in [9.17, 15) is 10.2 Å². The van der Waals surface area contributed by atoms with Gasteiger partial charge in [0.05, 0.1) is 0 Å². The first-order valence-corrected chi connectivity index (χ1v) is 9.42. The van der Waals surface area contributed by atoms with Crippen molar-refractivity contribution < 1.29 is 10.2 Å². The fourth-order valence-corrected chi connectivity index (χ4v) is 7.19. The number of allylic oxidation sites excluding steroid dienone is 2. The minimum absolute atomic E-state index is 0.288. The van der Waals surface area contributed by atoms with Crippen LogP contribution in [0.1, 0.15) is 65.7 Å². The number of hydrogen-bond acceptors (Lipinski definition) is 2. The summed E-state index contributed by atoms with van der Waals surface area (Å²) in [5, 5.41) is 21.1. The third-order valence-electron chi connectivity index (χ3n) is 8.59. The standard InChI is InChI=1S/C20H32O2/c1-13-12-14-6-4-5-9-18(14,2)15-7-10-19(3)16(17(13)15)8-11-20(19,21)22/h5,9,13-17,21-22H,4,6-8,10-12H2,1-3H3/t13?,14?,15-,16+,17-,18+,19+/m1/s1. The fraction of sp³-hybridized carbons (Fsp3) is 0.900. The second-order valence-corrected chi connectivity index (χ2v) is 9.36. The Morgan fingerprint density at radius 1 is 1.00 bits per heavy atom. The Balaban J connectivity index is 1.73. The number of fused-ring (bicyclic) bond motifs is 5. The van der Waals surface area contributed by atoms with Gasteiger partial charge in [-0.05, 0) is 73.5 Å². The topological polar surface area (TPSA) is 40.5 Å². The normalized spacial score (nSPS) is 56.1. The van der Waals surface area contributed by atoms with Crippen molar-refractivity contribution in [2.45, 2.75) is 71.5 Å². The molecular weight excluding hydrogens is 272 g/mol. The lowest BCUT2D eigenvalue weighted by Crippen LogP contribution is -2.57. The molecule has 0 aromatic carbocycles. The Bertz CT molecular complexity index is 496. The van der Waals surface area contributed by atoms with Crippen LogP contribution in [-0.2, 0) is 0 Å². The Kier molecular flexibility index (Phi) is 3.18. The molecule has 0 radical (unpaired) electrons. The molecule has 7 atom stereocenters. The van der Waals surface area contributed by atoms with Crippen LogP contribution in [0.4, 0.5) is 0 Å². The summed E-state index contributed by atoms with van der Waals surface area (Å²) in [6, 6.07) is 0. The molecule has 22 heavy (non-hydrogen) atoms. The fourth-order valence-electron chi connectivity index (χ4n) is 7.19. The van der Waals surface area contributed by atoms with E-state index in [4.69, 9.17) is 0 Å². The molecule has 0 heterocycles. The van der Waals surface area contributed by atoms with Crippen LogP contribution in [-0.4, -0.2) is 16.0 Å². The summed E-state index contributed by atoms with van der Waals surface area (Å²) in [6.45, 7) is 7.09. The molecule has 4 rings (SSSR count). The third kappa shape index (κ3) is 1.74. The Labute approximate surface area is 135 Å². The predicted octanol–water partition coefficient (Wildman–Crippen LogP) is 4.12. The van der Waals surface area contributed by atoms with E-state index < -0.39 is 5.79 Å². The molecule has 2 nitrogen and oxygen atoms in total. The summed E-state index contributed by atoms with van der Waals surface area (Å²) in [5.74, 6) is 2.03. The molecule has 0 amide bonds. The van der Waals surface area contributed by atoms with E-state index in [1.54, 1.807) is 0 Å². The zero-order valence-corrected chi connectivity index (χ0v) is 14.4. The molecule has 0 aromatic rings. The molecule has 3 saturated carbocycles. The van der Waals surface area contributed by atoms with Gasteiger partial charge in [-0.2, -0.15) is 0 Å². The molecule has 3 fully saturated rings. The van der Waals surface area contributed by atoms with Crippen molar-refractivity contribution in [2.24, 2.45) is 40.4 Å². The monoisotopic (exact) mass is 304 g/mol. The molecule has 2 N–H and O–H groups in total. The summed E-state index contributed by atoms with van der Waals surface area (Å²) in [5.41, 5.74) is 0.0664. The van der Waals surface area contributed by atoms with Crippen LogP contribution in [0.5, 0.6) is 0 Å². The molecule has 0 aliphatic heterocycles. The average molecular weight is 304 g/mol. The Morgan fingerprint density at radius 2 is 1.73 bits per heavy atom. The van der Waals surface area contributed by atoms with Crippen LogP contribution in [0.25, 0.3) is 0 Å². The average Bonchev–Trinajstić information content (AvgIpc) is 2.70. The van der Waals surface area contributed by atoms with Gasteiger partial charge in [0.25, 0.3) is 0 Å². The highest BCUT2D eigenvalue weighted by atomic mass is 16.5. The van der Waals surface area contributed by atoms with Crippen molar-refractivity contribution >= 4 is 0 Å². The van der Waals surface area contributed by atoms with E-state index in [2.05, 4.69) is 32.9 Å². The minimum atomic E-state index is -1.44. The van der Waals surface area contributed by atoms with Crippen LogP contribution in [0.15, 0.2) is 12.2 Å². The third-order valence-corrected chi connectivity index (χ3v) is 8.59. The van der Waals surface area contributed by atoms with E-state index in [0.29, 0.717) is 23.7 Å². The molecule has 0 bridgehead atoms. The molecule has 0 aromatic heterocycles. The second kappa shape index (κ2) is 4.60. The zero-order valence-electron chi connectivity index (χ0n) is 14.4. The summed E-state index contributed by atoms with van der Waals surface area (Å²) < 4.78 is 0. The summed E-state index contributed by atoms with van der Waals surface area (Å²) in [7, 11) is 0. The van der Waals surface area contributed by atoms with Crippen LogP contribution in [0.3, 0.4) is 0 Å². The predicted molar refractivity (Wildman–Crippen MR) is 88.0 cm³/mol. The van der Waals surface area contributed by atoms with Crippen molar-refractivity contribution in [1.82, 2.24) is 0 Å². The quantitative estimate of drug-likeness (QED) is 0.522. The van der Waals surface area contributed by atoms with E-state index in [0.717, 1.165) is 30.6 Å². The molecule has 4 aliphatic carbocycles. The summed E-state index contributed by atoms with van der Waals surface area (Å²) in [6.07, 6.45) is 12.6. The van der Waals surface area contributed by atoms with E-state index in [-0.39, 0.29) is 5.41 Å². The van der Waals surface area contributed by atoms with Gasteiger partial charge in [0, 0.05) is 11.8 Å². The smallest absolute Gasteiger partial charge is 0.168 e. The maximum Gasteiger partial charge on any atom is 0.168 e. The van der Waals surface area contributed by atoms with Gasteiger partial charge < -0.3 is 10.2 Å². The summed E-state index contributed by atoms with van der Waals surface area (Å²) in [4.78, 5) is 0. The van der Waals surface area contributed by atoms with Crippen LogP contribution in [0.2, 0.25) is 0 Å². The number of aliphatic hydroxyl groups is 2. The van der Waals surface area contributed by atoms with Crippen molar-refractivity contribution in [3.63, 3.8) is 0 Å². The zero-order chi connectivity index (χ0) is 15.8. The largest absolute Gasteiger partial charge is 0.365 e. The van der Waals surface area contributed by atoms with Gasteiger partial charge in [-0.1, -0.05) is 32.9 Å². The van der Waals surface area contributed by atoms with Crippen LogP contribution >= 0.6 is 0 Å². The van der Waals surface area contributed by atoms with Crippen molar-refractivity contribution in [1.29, 1.82) is 0 Å². The number of hydrogen-bond donors (Lipinski definition) is 2. The van der Waals surface area contributed by atoms with Gasteiger partial charge in [-0.3, -0.25) is 0 Å². The molecule has 4 aliphatic rings. The van der Waals surface area contributed by atoms with Gasteiger partial charge in [0.1, 0.15) is 0 Å². The molecule has 2 unspecified atom stereocenters. The lowest BCUT2D eigenvalue weighted by molar-refractivity contribution is -0.252. The first-order chi connectivity index (χ1) is 10.3. The highest BCUT2D eigenvalue weighted by Crippen LogP contribution is 2.68. The Morgan fingerprint density at radius 3 is 2.50 bits per heavy atom.